The van der Waals surface area contributed by atoms with Gasteiger partial charge in [0.25, 0.3) is 5.91 Å². The van der Waals surface area contributed by atoms with Crippen molar-refractivity contribution in [1.29, 1.82) is 0 Å². The van der Waals surface area contributed by atoms with E-state index in [0.29, 0.717) is 40.5 Å². The summed E-state index contributed by atoms with van der Waals surface area (Å²) in [6.45, 7) is 1.76. The molecule has 2 heterocycles. The highest BCUT2D eigenvalue weighted by Gasteiger charge is 2.29. The molecule has 0 spiro atoms. The summed E-state index contributed by atoms with van der Waals surface area (Å²) in [5, 5.41) is 5.94. The van der Waals surface area contributed by atoms with Gasteiger partial charge in [-0.25, -0.2) is 15.2 Å². The molecule has 0 bridgehead atoms. The fraction of sp³-hybridized carbons (Fsp3) is 0.154. The largest absolute Gasteiger partial charge is 0.453 e. The molecule has 0 saturated carbocycles. The van der Waals surface area contributed by atoms with Gasteiger partial charge in [-0.15, -0.1) is 0 Å². The molecular weight excluding hydrogens is 489 g/mol. The van der Waals surface area contributed by atoms with E-state index in [2.05, 4.69) is 15.5 Å². The molecule has 2 aromatic heterocycles. The molecule has 7 nitrogen and oxygen atoms in total. The van der Waals surface area contributed by atoms with Crippen LogP contribution in [0.15, 0.2) is 64.1 Å². The minimum atomic E-state index is -0.676. The van der Waals surface area contributed by atoms with Gasteiger partial charge in [0.2, 0.25) is 5.76 Å². The van der Waals surface area contributed by atoms with Crippen molar-refractivity contribution in [2.24, 2.45) is 5.10 Å². The van der Waals surface area contributed by atoms with Gasteiger partial charge in [-0.2, -0.15) is 5.10 Å². The standard InChI is InChI=1S/C26H19Cl2N3O4/c1-14-23-19(30-31-25(32)20-11-9-15-5-2-3-6-18(15)29-20)7-4-8-22(23)34-24(14)26(33)35-21-12-10-16(27)13-17(21)28/h2-3,5-6,9-13H,4,7-8H2,1H3,(H,31,32)/b30-19+. The van der Waals surface area contributed by atoms with Gasteiger partial charge in [-0.3, -0.25) is 4.79 Å². The highest BCUT2D eigenvalue weighted by Crippen LogP contribution is 2.32. The van der Waals surface area contributed by atoms with E-state index in [9.17, 15) is 9.59 Å². The summed E-state index contributed by atoms with van der Waals surface area (Å²) in [4.78, 5) is 29.9. The SMILES string of the molecule is Cc1c(C(=O)Oc2ccc(Cl)cc2Cl)oc2c1/C(=N/NC(=O)c1ccc3ccccc3n1)CCC2. The number of fused-ring (bicyclic) bond motifs is 2. The summed E-state index contributed by atoms with van der Waals surface area (Å²) in [5.74, 6) is -0.227. The second-order valence-corrected chi connectivity index (χ2v) is 8.90. The lowest BCUT2D eigenvalue weighted by atomic mass is 9.93. The first-order valence-corrected chi connectivity index (χ1v) is 11.7. The maximum absolute atomic E-state index is 12.8. The maximum Gasteiger partial charge on any atom is 0.379 e. The summed E-state index contributed by atoms with van der Waals surface area (Å²) < 4.78 is 11.3. The first kappa shape index (κ1) is 23.1. The quantitative estimate of drug-likeness (QED) is 0.203. The molecule has 5 rings (SSSR count). The molecule has 0 unspecified atom stereocenters. The Hall–Kier alpha value is -3.68. The number of halogens is 2. The van der Waals surface area contributed by atoms with Gasteiger partial charge in [0.1, 0.15) is 17.2 Å². The molecule has 1 aliphatic rings. The number of ether oxygens (including phenoxy) is 1. The number of furan rings is 1. The molecule has 35 heavy (non-hydrogen) atoms. The third kappa shape index (κ3) is 4.65. The van der Waals surface area contributed by atoms with Crippen LogP contribution in [0.2, 0.25) is 10.0 Å². The van der Waals surface area contributed by atoms with Crippen LogP contribution in [-0.2, 0) is 6.42 Å². The Bertz CT molecular complexity index is 1510. The zero-order valence-corrected chi connectivity index (χ0v) is 20.1. The maximum atomic E-state index is 12.8. The summed E-state index contributed by atoms with van der Waals surface area (Å²) in [6.07, 6.45) is 2.03. The Balaban J connectivity index is 1.38. The van der Waals surface area contributed by atoms with E-state index in [4.69, 9.17) is 32.4 Å². The normalized spacial score (nSPS) is 14.1. The number of hydrogen-bond acceptors (Lipinski definition) is 6. The molecule has 0 aliphatic heterocycles. The minimum absolute atomic E-state index is 0.0677. The van der Waals surface area contributed by atoms with Gasteiger partial charge in [0.05, 0.1) is 16.3 Å². The van der Waals surface area contributed by atoms with Gasteiger partial charge in [0.15, 0.2) is 0 Å². The topological polar surface area (TPSA) is 93.8 Å². The molecule has 1 N–H and O–H groups in total. The van der Waals surface area contributed by atoms with Crippen LogP contribution in [0.5, 0.6) is 5.75 Å². The fourth-order valence-corrected chi connectivity index (χ4v) is 4.49. The molecule has 9 heteroatoms. The van der Waals surface area contributed by atoms with Crippen LogP contribution in [0.3, 0.4) is 0 Å². The third-order valence-corrected chi connectivity index (χ3v) is 6.26. The summed E-state index contributed by atoms with van der Waals surface area (Å²) in [7, 11) is 0. The van der Waals surface area contributed by atoms with E-state index in [1.165, 1.54) is 12.1 Å². The van der Waals surface area contributed by atoms with Crippen molar-refractivity contribution < 1.29 is 18.7 Å². The molecular formula is C26H19Cl2N3O4. The van der Waals surface area contributed by atoms with Crippen LogP contribution in [0, 0.1) is 6.92 Å². The zero-order valence-electron chi connectivity index (χ0n) is 18.6. The summed E-state index contributed by atoms with van der Waals surface area (Å²) >= 11 is 12.0. The lowest BCUT2D eigenvalue weighted by Crippen LogP contribution is -2.23. The van der Waals surface area contributed by atoms with Gasteiger partial charge >= 0.3 is 5.97 Å². The van der Waals surface area contributed by atoms with Gasteiger partial charge < -0.3 is 9.15 Å². The first-order valence-electron chi connectivity index (χ1n) is 10.9. The first-order chi connectivity index (χ1) is 16.9. The van der Waals surface area contributed by atoms with Crippen molar-refractivity contribution in [2.45, 2.75) is 26.2 Å². The predicted octanol–water partition coefficient (Wildman–Crippen LogP) is 6.13. The third-order valence-electron chi connectivity index (χ3n) is 5.73. The Labute approximate surface area is 210 Å². The molecule has 1 amide bonds. The Morgan fingerprint density at radius 3 is 2.74 bits per heavy atom. The van der Waals surface area contributed by atoms with Crippen LogP contribution in [0.4, 0.5) is 0 Å². The number of benzene rings is 2. The average Bonchev–Trinajstić information content (AvgIpc) is 3.21. The van der Waals surface area contributed by atoms with Crippen LogP contribution in [0.1, 0.15) is 50.8 Å². The second-order valence-electron chi connectivity index (χ2n) is 8.06. The summed E-state index contributed by atoms with van der Waals surface area (Å²) in [5.41, 5.74) is 5.50. The molecule has 2 aromatic carbocycles. The number of aromatic nitrogens is 1. The molecule has 0 atom stereocenters. The number of amides is 1. The van der Waals surface area contributed by atoms with Gasteiger partial charge in [0, 0.05) is 28.0 Å². The summed E-state index contributed by atoms with van der Waals surface area (Å²) in [6, 6.07) is 15.6. The van der Waals surface area contributed by atoms with Crippen molar-refractivity contribution in [2.75, 3.05) is 0 Å². The van der Waals surface area contributed by atoms with E-state index in [-0.39, 0.29) is 22.2 Å². The van der Waals surface area contributed by atoms with E-state index < -0.39 is 11.9 Å². The number of pyridine rings is 1. The number of carbonyl (C=O) groups is 2. The van der Waals surface area contributed by atoms with Crippen molar-refractivity contribution in [3.8, 4) is 5.75 Å². The number of hydrazone groups is 1. The van der Waals surface area contributed by atoms with Crippen molar-refractivity contribution >= 4 is 51.7 Å². The molecule has 0 fully saturated rings. The van der Waals surface area contributed by atoms with Crippen LogP contribution in [-0.4, -0.2) is 22.6 Å². The number of aryl methyl sites for hydroxylation is 1. The number of nitrogens with zero attached hydrogens (tertiary/aromatic N) is 2. The molecule has 0 saturated heterocycles. The molecule has 176 valence electrons. The van der Waals surface area contributed by atoms with Crippen LogP contribution < -0.4 is 10.2 Å². The van der Waals surface area contributed by atoms with Crippen molar-refractivity contribution in [3.63, 3.8) is 0 Å². The monoisotopic (exact) mass is 507 g/mol. The number of rotatable bonds is 4. The van der Waals surface area contributed by atoms with Gasteiger partial charge in [-0.05, 0) is 50.1 Å². The smallest absolute Gasteiger partial charge is 0.379 e. The number of nitrogens with one attached hydrogen (secondary N) is 1. The lowest BCUT2D eigenvalue weighted by Gasteiger charge is -2.13. The fourth-order valence-electron chi connectivity index (χ4n) is 4.05. The van der Waals surface area contributed by atoms with Crippen LogP contribution >= 0.6 is 23.2 Å². The number of para-hydroxylation sites is 1. The number of hydrogen-bond donors (Lipinski definition) is 1. The van der Waals surface area contributed by atoms with Crippen molar-refractivity contribution in [1.82, 2.24) is 10.4 Å². The number of carbonyl (C=O) groups excluding carboxylic acids is 2. The molecule has 0 radical (unpaired) electrons. The van der Waals surface area contributed by atoms with Gasteiger partial charge in [-0.1, -0.05) is 47.5 Å². The molecule has 4 aromatic rings. The van der Waals surface area contributed by atoms with E-state index >= 15 is 0 Å². The van der Waals surface area contributed by atoms with E-state index in [1.54, 1.807) is 19.1 Å². The Kier molecular flexibility index (Phi) is 6.28. The highest BCUT2D eigenvalue weighted by atomic mass is 35.5. The molecule has 1 aliphatic carbocycles. The van der Waals surface area contributed by atoms with E-state index in [0.717, 1.165) is 17.3 Å². The predicted molar refractivity (Wildman–Crippen MR) is 134 cm³/mol. The Morgan fingerprint density at radius 2 is 1.91 bits per heavy atom. The Morgan fingerprint density at radius 1 is 1.09 bits per heavy atom. The zero-order chi connectivity index (χ0) is 24.5. The van der Waals surface area contributed by atoms with Crippen LogP contribution in [0.25, 0.3) is 10.9 Å². The number of esters is 1. The minimum Gasteiger partial charge on any atom is -0.453 e. The highest BCUT2D eigenvalue weighted by molar-refractivity contribution is 6.35. The second kappa shape index (κ2) is 9.52. The average molecular weight is 508 g/mol. The van der Waals surface area contributed by atoms with E-state index in [1.807, 2.05) is 30.3 Å². The lowest BCUT2D eigenvalue weighted by molar-refractivity contribution is 0.0698. The van der Waals surface area contributed by atoms with Crippen molar-refractivity contribution in [3.05, 3.63) is 93.0 Å².